The zero-order chi connectivity index (χ0) is 13.2. The van der Waals surface area contributed by atoms with Gasteiger partial charge in [0.15, 0.2) is 11.2 Å². The molecule has 5 nitrogen and oxygen atoms in total. The third kappa shape index (κ3) is 2.31. The molecular weight excluding hydrogens is 258 g/mol. The first-order chi connectivity index (χ1) is 9.28. The van der Waals surface area contributed by atoms with Gasteiger partial charge in [-0.05, 0) is 18.7 Å². The van der Waals surface area contributed by atoms with Crippen molar-refractivity contribution >= 4 is 22.9 Å². The molecule has 0 amide bonds. The molecule has 0 radical (unpaired) electrons. The number of hydrogen-bond donors (Lipinski definition) is 0. The summed E-state index contributed by atoms with van der Waals surface area (Å²) in [5.74, 6) is 0. The van der Waals surface area contributed by atoms with Gasteiger partial charge < -0.3 is 0 Å². The van der Waals surface area contributed by atoms with Crippen LogP contribution < -0.4 is 0 Å². The highest BCUT2D eigenvalue weighted by atomic mass is 32.2. The number of thioether (sulfide) groups is 1. The first kappa shape index (κ1) is 12.1. The Morgan fingerprint density at radius 3 is 2.68 bits per heavy atom. The second-order valence-corrected chi connectivity index (χ2v) is 5.08. The van der Waals surface area contributed by atoms with Crippen LogP contribution in [-0.2, 0) is 6.54 Å². The van der Waals surface area contributed by atoms with E-state index in [1.54, 1.807) is 22.8 Å². The molecule has 6 heteroatoms. The first-order valence-corrected chi connectivity index (χ1v) is 7.14. The average Bonchev–Trinajstić information content (AvgIpc) is 2.84. The van der Waals surface area contributed by atoms with Crippen molar-refractivity contribution in [2.24, 2.45) is 0 Å². The van der Waals surface area contributed by atoms with Crippen LogP contribution in [-0.4, -0.2) is 31.2 Å². The van der Waals surface area contributed by atoms with E-state index in [9.17, 15) is 0 Å². The fourth-order valence-electron chi connectivity index (χ4n) is 1.89. The van der Waals surface area contributed by atoms with Gasteiger partial charge in [-0.15, -0.1) is 16.9 Å². The highest BCUT2D eigenvalue weighted by Crippen LogP contribution is 2.20. The molecule has 1 aromatic carbocycles. The topological polar surface area (TPSA) is 56.5 Å². The third-order valence-electron chi connectivity index (χ3n) is 2.91. The summed E-state index contributed by atoms with van der Waals surface area (Å²) in [6.07, 6.45) is 3.53. The zero-order valence-corrected chi connectivity index (χ0v) is 11.6. The molecule has 0 saturated carbocycles. The van der Waals surface area contributed by atoms with Crippen molar-refractivity contribution < 1.29 is 0 Å². The van der Waals surface area contributed by atoms with E-state index >= 15 is 0 Å². The zero-order valence-electron chi connectivity index (χ0n) is 10.7. The van der Waals surface area contributed by atoms with Crippen LogP contribution in [0.3, 0.4) is 0 Å². The van der Waals surface area contributed by atoms with Crippen LogP contribution in [0.1, 0.15) is 11.1 Å². The lowest BCUT2D eigenvalue weighted by atomic mass is 10.1. The molecule has 0 atom stereocenters. The van der Waals surface area contributed by atoms with Crippen molar-refractivity contribution in [2.75, 3.05) is 6.26 Å². The summed E-state index contributed by atoms with van der Waals surface area (Å²) in [7, 11) is 0. The molecule has 2 heterocycles. The summed E-state index contributed by atoms with van der Waals surface area (Å²) in [5, 5.41) is 9.20. The van der Waals surface area contributed by atoms with Gasteiger partial charge in [0.25, 0.3) is 0 Å². The Morgan fingerprint density at radius 1 is 1.16 bits per heavy atom. The molecule has 0 aliphatic rings. The van der Waals surface area contributed by atoms with E-state index in [2.05, 4.69) is 51.5 Å². The highest BCUT2D eigenvalue weighted by molar-refractivity contribution is 7.98. The van der Waals surface area contributed by atoms with Crippen molar-refractivity contribution in [1.82, 2.24) is 25.0 Å². The fraction of sp³-hybridized carbons (Fsp3) is 0.231. The molecule has 96 valence electrons. The van der Waals surface area contributed by atoms with Crippen molar-refractivity contribution in [3.05, 3.63) is 41.7 Å². The second kappa shape index (κ2) is 4.97. The molecule has 0 aliphatic heterocycles. The molecule has 0 aliphatic carbocycles. The van der Waals surface area contributed by atoms with E-state index in [1.165, 1.54) is 11.1 Å². The van der Waals surface area contributed by atoms with Crippen molar-refractivity contribution in [2.45, 2.75) is 18.5 Å². The van der Waals surface area contributed by atoms with Gasteiger partial charge in [-0.3, -0.25) is 0 Å². The van der Waals surface area contributed by atoms with Gasteiger partial charge in [0.1, 0.15) is 11.4 Å². The summed E-state index contributed by atoms with van der Waals surface area (Å²) in [5.41, 5.74) is 3.97. The molecule has 0 N–H and O–H groups in total. The number of nitrogens with zero attached hydrogens (tertiary/aromatic N) is 5. The standard InChI is InChI=1S/C13H13N5S/c1-9-3-5-10(6-4-9)7-18-12-11(16-17-18)13(19-2)15-8-14-12/h3-6,8H,7H2,1-2H3. The maximum atomic E-state index is 4.28. The predicted molar refractivity (Wildman–Crippen MR) is 75.2 cm³/mol. The molecule has 19 heavy (non-hydrogen) atoms. The molecule has 2 aromatic heterocycles. The van der Waals surface area contributed by atoms with Crippen molar-refractivity contribution in [3.63, 3.8) is 0 Å². The van der Waals surface area contributed by atoms with Crippen LogP contribution in [0.5, 0.6) is 0 Å². The van der Waals surface area contributed by atoms with E-state index in [1.807, 2.05) is 6.26 Å². The number of hydrogen-bond acceptors (Lipinski definition) is 5. The van der Waals surface area contributed by atoms with Gasteiger partial charge >= 0.3 is 0 Å². The number of rotatable bonds is 3. The Kier molecular flexibility index (Phi) is 3.16. The minimum Gasteiger partial charge on any atom is -0.227 e. The van der Waals surface area contributed by atoms with Gasteiger partial charge in [-0.2, -0.15) is 0 Å². The Morgan fingerprint density at radius 2 is 1.95 bits per heavy atom. The fourth-order valence-corrected chi connectivity index (χ4v) is 2.37. The molecule has 0 fully saturated rings. The average molecular weight is 271 g/mol. The van der Waals surface area contributed by atoms with Gasteiger partial charge in [-0.1, -0.05) is 35.0 Å². The van der Waals surface area contributed by atoms with E-state index in [-0.39, 0.29) is 0 Å². The van der Waals surface area contributed by atoms with Gasteiger partial charge in [0.05, 0.1) is 6.54 Å². The predicted octanol–water partition coefficient (Wildman–Crippen LogP) is 2.30. The SMILES string of the molecule is CSc1ncnc2c1nnn2Cc1ccc(C)cc1. The molecule has 0 spiro atoms. The number of aromatic nitrogens is 5. The lowest BCUT2D eigenvalue weighted by Crippen LogP contribution is -2.03. The molecule has 0 unspecified atom stereocenters. The molecule has 0 saturated heterocycles. The minimum atomic E-state index is 0.668. The quantitative estimate of drug-likeness (QED) is 0.540. The van der Waals surface area contributed by atoms with Gasteiger partial charge in [0.2, 0.25) is 0 Å². The molecule has 3 rings (SSSR count). The van der Waals surface area contributed by atoms with Crippen molar-refractivity contribution in [1.29, 1.82) is 0 Å². The Balaban J connectivity index is 1.99. The summed E-state index contributed by atoms with van der Waals surface area (Å²) < 4.78 is 1.81. The van der Waals surface area contributed by atoms with E-state index in [0.717, 1.165) is 16.2 Å². The van der Waals surface area contributed by atoms with Crippen LogP contribution in [0.15, 0.2) is 35.6 Å². The Labute approximate surface area is 115 Å². The maximum absolute atomic E-state index is 4.28. The van der Waals surface area contributed by atoms with Crippen LogP contribution in [0, 0.1) is 6.92 Å². The summed E-state index contributed by atoms with van der Waals surface area (Å²) >= 11 is 1.55. The molecule has 0 bridgehead atoms. The monoisotopic (exact) mass is 271 g/mol. The normalized spacial score (nSPS) is 11.1. The van der Waals surface area contributed by atoms with E-state index in [0.29, 0.717) is 6.54 Å². The van der Waals surface area contributed by atoms with Crippen LogP contribution >= 0.6 is 11.8 Å². The number of benzene rings is 1. The van der Waals surface area contributed by atoms with Crippen molar-refractivity contribution in [3.8, 4) is 0 Å². The molecular formula is C13H13N5S. The maximum Gasteiger partial charge on any atom is 0.183 e. The third-order valence-corrected chi connectivity index (χ3v) is 3.60. The van der Waals surface area contributed by atoms with E-state index in [4.69, 9.17) is 0 Å². The van der Waals surface area contributed by atoms with Gasteiger partial charge in [-0.25, -0.2) is 14.6 Å². The van der Waals surface area contributed by atoms with E-state index < -0.39 is 0 Å². The first-order valence-electron chi connectivity index (χ1n) is 5.91. The second-order valence-electron chi connectivity index (χ2n) is 4.29. The Hall–Kier alpha value is -1.95. The largest absolute Gasteiger partial charge is 0.227 e. The number of aryl methyl sites for hydroxylation is 1. The van der Waals surface area contributed by atoms with Crippen LogP contribution in [0.25, 0.3) is 11.2 Å². The summed E-state index contributed by atoms with van der Waals surface area (Å²) in [6.45, 7) is 2.74. The minimum absolute atomic E-state index is 0.668. The highest BCUT2D eigenvalue weighted by Gasteiger charge is 2.10. The Bertz CT molecular complexity index is 705. The summed E-state index contributed by atoms with van der Waals surface area (Å²) in [6, 6.07) is 8.38. The van der Waals surface area contributed by atoms with Crippen LogP contribution in [0.2, 0.25) is 0 Å². The number of fused-ring (bicyclic) bond motifs is 1. The summed E-state index contributed by atoms with van der Waals surface area (Å²) in [4.78, 5) is 8.47. The van der Waals surface area contributed by atoms with Gasteiger partial charge in [0, 0.05) is 0 Å². The lowest BCUT2D eigenvalue weighted by molar-refractivity contribution is 0.664. The smallest absolute Gasteiger partial charge is 0.183 e. The van der Waals surface area contributed by atoms with Crippen LogP contribution in [0.4, 0.5) is 0 Å². The lowest BCUT2D eigenvalue weighted by Gasteiger charge is -2.02. The molecule has 3 aromatic rings.